The number of pyridine rings is 1. The number of aromatic nitrogens is 1. The Morgan fingerprint density at radius 1 is 0.816 bits per heavy atom. The van der Waals surface area contributed by atoms with Crippen LogP contribution in [-0.4, -0.2) is 90.3 Å². The molecule has 3 aromatic rings. The number of anilines is 3. The SMILES string of the molecule is C[C@H](NC(=O)c1ccc(N2C3CCC2CC(NC(=O)c2cccc(N[C@H]4CC[C@H](O)CC4)c2)C3)nc1)c1ccc(N2CCN(C)CC2)cc1. The second-order valence-electron chi connectivity index (χ2n) is 14.6. The Balaban J connectivity index is 0.906. The molecule has 7 rings (SSSR count). The average molecular weight is 666 g/mol. The van der Waals surface area contributed by atoms with E-state index in [4.69, 9.17) is 4.98 Å². The fourth-order valence-electron chi connectivity index (χ4n) is 8.22. The van der Waals surface area contributed by atoms with Crippen molar-refractivity contribution in [1.82, 2.24) is 20.5 Å². The number of carbonyl (C=O) groups excluding carboxylic acids is 2. The molecule has 4 N–H and O–H groups in total. The molecule has 10 nitrogen and oxygen atoms in total. The van der Waals surface area contributed by atoms with Gasteiger partial charge in [0.05, 0.1) is 17.7 Å². The Morgan fingerprint density at radius 3 is 2.20 bits per heavy atom. The topological polar surface area (TPSA) is 113 Å². The molecule has 260 valence electrons. The molecule has 1 aromatic heterocycles. The lowest BCUT2D eigenvalue weighted by molar-refractivity contribution is 0.0923. The molecule has 2 bridgehead atoms. The zero-order valence-corrected chi connectivity index (χ0v) is 28.9. The van der Waals surface area contributed by atoms with Gasteiger partial charge in [-0.2, -0.15) is 0 Å². The number of piperazine rings is 1. The summed E-state index contributed by atoms with van der Waals surface area (Å²) in [6.45, 7) is 6.22. The number of amides is 2. The van der Waals surface area contributed by atoms with Gasteiger partial charge in [-0.15, -0.1) is 0 Å². The molecule has 49 heavy (non-hydrogen) atoms. The van der Waals surface area contributed by atoms with Crippen LogP contribution in [0.5, 0.6) is 0 Å². The molecule has 2 amide bonds. The number of aliphatic hydroxyl groups is 1. The first-order valence-corrected chi connectivity index (χ1v) is 18.2. The molecule has 4 fully saturated rings. The monoisotopic (exact) mass is 665 g/mol. The van der Waals surface area contributed by atoms with Crippen molar-refractivity contribution in [2.75, 3.05) is 48.3 Å². The molecule has 0 spiro atoms. The van der Waals surface area contributed by atoms with E-state index in [-0.39, 0.29) is 30.0 Å². The van der Waals surface area contributed by atoms with E-state index in [0.29, 0.717) is 29.3 Å². The van der Waals surface area contributed by atoms with Gasteiger partial charge in [0.25, 0.3) is 11.8 Å². The molecular weight excluding hydrogens is 614 g/mol. The molecule has 0 radical (unpaired) electrons. The lowest BCUT2D eigenvalue weighted by atomic mass is 9.93. The number of benzene rings is 2. The first kappa shape index (κ1) is 33.4. The van der Waals surface area contributed by atoms with Crippen molar-refractivity contribution in [2.24, 2.45) is 0 Å². The Morgan fingerprint density at radius 2 is 1.53 bits per heavy atom. The highest BCUT2D eigenvalue weighted by molar-refractivity contribution is 5.95. The van der Waals surface area contributed by atoms with Crippen LogP contribution in [0, 0.1) is 0 Å². The molecule has 1 saturated carbocycles. The van der Waals surface area contributed by atoms with Gasteiger partial charge in [-0.3, -0.25) is 9.59 Å². The van der Waals surface area contributed by atoms with Crippen LogP contribution in [0.2, 0.25) is 0 Å². The van der Waals surface area contributed by atoms with Gasteiger partial charge in [-0.05, 0) is 113 Å². The standard InChI is InChI=1S/C39H51N7O3/c1-26(27-6-11-33(12-7-27)45-20-18-44(2)19-21-45)41-39(49)29-8-17-37(40-25-29)46-34-13-14-35(46)24-32(23-34)43-38(48)28-4-3-5-31(22-28)42-30-9-15-36(47)16-10-30/h3-8,11-12,17,22,25-26,30,32,34-36,42,47H,9-10,13-16,18-21,23-24H2,1-2H3,(H,41,49)(H,43,48)/t26-,30-,32?,34?,35?,36-/m0/s1. The van der Waals surface area contributed by atoms with E-state index in [0.717, 1.165) is 94.6 Å². The Labute approximate surface area is 290 Å². The van der Waals surface area contributed by atoms with Crippen molar-refractivity contribution in [3.8, 4) is 0 Å². The summed E-state index contributed by atoms with van der Waals surface area (Å²) in [7, 11) is 2.16. The predicted octanol–water partition coefficient (Wildman–Crippen LogP) is 4.97. The highest BCUT2D eigenvalue weighted by atomic mass is 16.3. The fourth-order valence-corrected chi connectivity index (χ4v) is 8.22. The van der Waals surface area contributed by atoms with Crippen LogP contribution in [0.25, 0.3) is 0 Å². The predicted molar refractivity (Wildman–Crippen MR) is 194 cm³/mol. The number of hydrogen-bond acceptors (Lipinski definition) is 8. The van der Waals surface area contributed by atoms with Crippen molar-refractivity contribution in [3.05, 3.63) is 83.6 Å². The van der Waals surface area contributed by atoms with E-state index < -0.39 is 0 Å². The molecule has 4 aliphatic rings. The first-order valence-electron chi connectivity index (χ1n) is 18.2. The maximum Gasteiger partial charge on any atom is 0.253 e. The van der Waals surface area contributed by atoms with Crippen molar-refractivity contribution in [1.29, 1.82) is 0 Å². The Kier molecular flexibility index (Phi) is 10.0. The maximum absolute atomic E-state index is 13.3. The molecule has 1 aliphatic carbocycles. The van der Waals surface area contributed by atoms with Gasteiger partial charge in [-0.1, -0.05) is 18.2 Å². The average Bonchev–Trinajstić information content (AvgIpc) is 3.39. The minimum atomic E-state index is -0.186. The summed E-state index contributed by atoms with van der Waals surface area (Å²) in [4.78, 5) is 38.4. The van der Waals surface area contributed by atoms with Gasteiger partial charge >= 0.3 is 0 Å². The van der Waals surface area contributed by atoms with E-state index in [9.17, 15) is 14.7 Å². The van der Waals surface area contributed by atoms with Crippen LogP contribution in [0.1, 0.15) is 90.6 Å². The van der Waals surface area contributed by atoms with Crippen LogP contribution in [0.3, 0.4) is 0 Å². The summed E-state index contributed by atoms with van der Waals surface area (Å²) < 4.78 is 0. The third kappa shape index (κ3) is 7.86. The van der Waals surface area contributed by atoms with Crippen molar-refractivity contribution in [3.63, 3.8) is 0 Å². The normalized spacial score (nSPS) is 26.2. The summed E-state index contributed by atoms with van der Waals surface area (Å²) >= 11 is 0. The second-order valence-corrected chi connectivity index (χ2v) is 14.6. The van der Waals surface area contributed by atoms with Gasteiger partial charge < -0.3 is 35.8 Å². The van der Waals surface area contributed by atoms with Crippen LogP contribution in [0.4, 0.5) is 17.2 Å². The van der Waals surface area contributed by atoms with Gasteiger partial charge in [-0.25, -0.2) is 4.98 Å². The molecule has 2 unspecified atom stereocenters. The molecule has 4 heterocycles. The van der Waals surface area contributed by atoms with Gasteiger partial charge in [0, 0.05) is 73.5 Å². The molecule has 3 aliphatic heterocycles. The number of likely N-dealkylation sites (N-methyl/N-ethyl adjacent to an activating group) is 1. The zero-order chi connectivity index (χ0) is 33.9. The number of nitrogens with one attached hydrogen (secondary N) is 3. The van der Waals surface area contributed by atoms with E-state index >= 15 is 0 Å². The maximum atomic E-state index is 13.3. The number of carbonyl (C=O) groups is 2. The summed E-state index contributed by atoms with van der Waals surface area (Å²) in [5.41, 5.74) is 4.48. The first-order chi connectivity index (χ1) is 23.8. The lowest BCUT2D eigenvalue weighted by Gasteiger charge is -2.40. The molecule has 2 aromatic carbocycles. The minimum Gasteiger partial charge on any atom is -0.393 e. The summed E-state index contributed by atoms with van der Waals surface area (Å²) in [6, 6.07) is 21.1. The number of piperidine rings is 1. The number of fused-ring (bicyclic) bond motifs is 2. The fraction of sp³-hybridized carbons (Fsp3) is 0.513. The number of aliphatic hydroxyl groups excluding tert-OH is 1. The highest BCUT2D eigenvalue weighted by Gasteiger charge is 2.42. The van der Waals surface area contributed by atoms with Gasteiger partial charge in [0.1, 0.15) is 5.82 Å². The van der Waals surface area contributed by atoms with Crippen LogP contribution in [0.15, 0.2) is 66.9 Å². The minimum absolute atomic E-state index is 0.0331. The van der Waals surface area contributed by atoms with Gasteiger partial charge in [0.15, 0.2) is 0 Å². The van der Waals surface area contributed by atoms with Crippen LogP contribution in [-0.2, 0) is 0 Å². The number of nitrogens with zero attached hydrogens (tertiary/aromatic N) is 4. The van der Waals surface area contributed by atoms with E-state index in [1.165, 1.54) is 5.69 Å². The third-order valence-corrected chi connectivity index (χ3v) is 11.1. The smallest absolute Gasteiger partial charge is 0.253 e. The van der Waals surface area contributed by atoms with Crippen molar-refractivity contribution < 1.29 is 14.7 Å². The number of rotatable bonds is 9. The Bertz CT molecular complexity index is 1570. The quantitative estimate of drug-likeness (QED) is 0.254. The lowest BCUT2D eigenvalue weighted by Crippen LogP contribution is -2.50. The molecule has 3 atom stereocenters. The van der Waals surface area contributed by atoms with Gasteiger partial charge in [0.2, 0.25) is 0 Å². The van der Waals surface area contributed by atoms with E-state index in [1.807, 2.05) is 43.3 Å². The largest absolute Gasteiger partial charge is 0.393 e. The molecular formula is C39H51N7O3. The molecule has 3 saturated heterocycles. The van der Waals surface area contributed by atoms with E-state index in [2.05, 4.69) is 62.0 Å². The summed E-state index contributed by atoms with van der Waals surface area (Å²) in [5, 5.41) is 19.8. The third-order valence-electron chi connectivity index (χ3n) is 11.1. The zero-order valence-electron chi connectivity index (χ0n) is 28.9. The summed E-state index contributed by atoms with van der Waals surface area (Å²) in [5.74, 6) is 0.737. The number of hydrogen-bond donors (Lipinski definition) is 4. The highest BCUT2D eigenvalue weighted by Crippen LogP contribution is 2.39. The molecule has 10 heteroatoms. The summed E-state index contributed by atoms with van der Waals surface area (Å²) in [6.07, 6.45) is 8.92. The van der Waals surface area contributed by atoms with Crippen molar-refractivity contribution >= 4 is 29.0 Å². The van der Waals surface area contributed by atoms with Crippen LogP contribution >= 0.6 is 0 Å². The second kappa shape index (κ2) is 14.8. The Hall–Kier alpha value is -4.15. The van der Waals surface area contributed by atoms with Crippen LogP contribution < -0.4 is 25.8 Å². The van der Waals surface area contributed by atoms with E-state index in [1.54, 1.807) is 6.20 Å². The van der Waals surface area contributed by atoms with Crippen molar-refractivity contribution in [2.45, 2.75) is 94.6 Å².